The van der Waals surface area contributed by atoms with Crippen molar-refractivity contribution in [2.24, 2.45) is 46.7 Å². The van der Waals surface area contributed by atoms with Crippen molar-refractivity contribution >= 4 is 43.4 Å². The number of imidazole rings is 2. The van der Waals surface area contributed by atoms with E-state index in [2.05, 4.69) is 34.9 Å². The summed E-state index contributed by atoms with van der Waals surface area (Å²) < 4.78 is 40.2. The lowest BCUT2D eigenvalue weighted by atomic mass is 10.1. The first kappa shape index (κ1) is 47.5. The van der Waals surface area contributed by atoms with Crippen LogP contribution in [0.5, 0.6) is 5.75 Å². The second-order valence-corrected chi connectivity index (χ2v) is 16.4. The number of rotatable bonds is 8. The molecule has 1 saturated heterocycles. The van der Waals surface area contributed by atoms with Gasteiger partial charge in [-0.1, -0.05) is 13.3 Å². The number of hydrogen-bond donors (Lipinski definition) is 5. The number of aryl methyl sites for hydroxylation is 4. The SMILES string of the molecule is CCCc1nn(C)c2c(=O)[nH]c(-c3cc(S(=O)(=O)N4CCN(C)CC4)ccc3OCC)nc12.Cn1c(=O)c2[nH]cnc2n(C)c1=O.Cn1c(=O)c2[nH]cnc2n(C)c1=O.NCCN. The Labute approximate surface area is 359 Å². The van der Waals surface area contributed by atoms with Crippen molar-refractivity contribution < 1.29 is 13.2 Å². The summed E-state index contributed by atoms with van der Waals surface area (Å²) in [4.78, 5) is 81.4. The van der Waals surface area contributed by atoms with Crippen LogP contribution in [-0.2, 0) is 51.7 Å². The molecule has 0 saturated carbocycles. The third-order valence-electron chi connectivity index (χ3n) is 10.1. The van der Waals surface area contributed by atoms with Gasteiger partial charge in [0.15, 0.2) is 16.8 Å². The first-order valence-electron chi connectivity index (χ1n) is 19.9. The molecule has 0 aliphatic carbocycles. The van der Waals surface area contributed by atoms with E-state index in [0.717, 1.165) is 21.2 Å². The third kappa shape index (κ3) is 9.76. The number of nitrogens with zero attached hydrogens (tertiary/aromatic N) is 11. The topological polar surface area (TPSA) is 311 Å². The van der Waals surface area contributed by atoms with Crippen LogP contribution in [0.2, 0.25) is 0 Å². The van der Waals surface area contributed by atoms with E-state index in [9.17, 15) is 32.4 Å². The molecule has 7 heterocycles. The summed E-state index contributed by atoms with van der Waals surface area (Å²) in [6.07, 6.45) is 4.33. The maximum Gasteiger partial charge on any atom is 0.332 e. The molecule has 1 fully saturated rings. The summed E-state index contributed by atoms with van der Waals surface area (Å²) in [5, 5.41) is 4.45. The number of ether oxygens (including phenoxy) is 1. The normalized spacial score (nSPS) is 13.3. The molecule has 0 unspecified atom stereocenters. The molecule has 7 aromatic rings. The lowest BCUT2D eigenvalue weighted by molar-refractivity contribution is 0.222. The number of likely N-dealkylation sites (N-methyl/N-ethyl adjacent to an activating group) is 1. The number of aromatic nitrogens is 12. The quantitative estimate of drug-likeness (QED) is 0.115. The van der Waals surface area contributed by atoms with Crippen molar-refractivity contribution in [2.75, 3.05) is 52.9 Å². The number of aromatic amines is 3. The maximum atomic E-state index is 13.3. The zero-order valence-corrected chi connectivity index (χ0v) is 37.3. The van der Waals surface area contributed by atoms with Crippen LogP contribution in [0.3, 0.4) is 0 Å². The number of nitrogens with two attached hydrogens (primary N) is 2. The van der Waals surface area contributed by atoms with Gasteiger partial charge in [-0.3, -0.25) is 37.3 Å². The van der Waals surface area contributed by atoms with Crippen molar-refractivity contribution in [1.82, 2.24) is 67.2 Å². The van der Waals surface area contributed by atoms with E-state index in [4.69, 9.17) is 21.2 Å². The number of nitrogens with one attached hydrogen (secondary N) is 3. The largest absolute Gasteiger partial charge is 0.493 e. The molecule has 0 spiro atoms. The second-order valence-electron chi connectivity index (χ2n) is 14.4. The Kier molecular flexibility index (Phi) is 15.2. The van der Waals surface area contributed by atoms with Crippen LogP contribution in [0, 0.1) is 0 Å². The lowest BCUT2D eigenvalue weighted by Crippen LogP contribution is -2.47. The Balaban J connectivity index is 0.000000202. The van der Waals surface area contributed by atoms with Gasteiger partial charge in [0, 0.05) is 74.5 Å². The van der Waals surface area contributed by atoms with Crippen molar-refractivity contribution in [2.45, 2.75) is 31.6 Å². The van der Waals surface area contributed by atoms with E-state index >= 15 is 0 Å². The fourth-order valence-electron chi connectivity index (χ4n) is 6.63. The molecule has 25 heteroatoms. The Morgan fingerprint density at radius 1 is 0.762 bits per heavy atom. The van der Waals surface area contributed by atoms with Gasteiger partial charge in [-0.15, -0.1) is 0 Å². The highest BCUT2D eigenvalue weighted by Gasteiger charge is 2.29. The number of fused-ring (bicyclic) bond motifs is 3. The van der Waals surface area contributed by atoms with Gasteiger partial charge in [0.25, 0.3) is 16.7 Å². The molecule has 340 valence electrons. The molecular weight excluding hydrogens is 841 g/mol. The Bertz CT molecular complexity index is 3040. The van der Waals surface area contributed by atoms with Crippen LogP contribution in [0.4, 0.5) is 0 Å². The van der Waals surface area contributed by atoms with Crippen LogP contribution >= 0.6 is 0 Å². The van der Waals surface area contributed by atoms with Crippen molar-refractivity contribution in [3.63, 3.8) is 0 Å². The van der Waals surface area contributed by atoms with E-state index < -0.39 is 10.0 Å². The minimum Gasteiger partial charge on any atom is -0.493 e. The van der Waals surface area contributed by atoms with Gasteiger partial charge in [0.2, 0.25) is 10.0 Å². The van der Waals surface area contributed by atoms with Gasteiger partial charge in [-0.25, -0.2) is 33.0 Å². The fraction of sp³-hybridized carbons (Fsp3) is 0.447. The lowest BCUT2D eigenvalue weighted by Gasteiger charge is -2.31. The Morgan fingerprint density at radius 2 is 1.30 bits per heavy atom. The molecule has 0 amide bonds. The van der Waals surface area contributed by atoms with Gasteiger partial charge in [-0.05, 0) is 38.6 Å². The van der Waals surface area contributed by atoms with Crippen molar-refractivity contribution in [3.05, 3.63) is 88.6 Å². The molecule has 8 rings (SSSR count). The third-order valence-corrected chi connectivity index (χ3v) is 12.0. The predicted molar refractivity (Wildman–Crippen MR) is 237 cm³/mol. The van der Waals surface area contributed by atoms with Crippen molar-refractivity contribution in [1.29, 1.82) is 0 Å². The van der Waals surface area contributed by atoms with Gasteiger partial charge in [0.05, 0.1) is 35.4 Å². The second kappa shape index (κ2) is 20.1. The molecule has 6 aromatic heterocycles. The zero-order valence-electron chi connectivity index (χ0n) is 36.5. The standard InChI is InChI=1S/C22H30N6O4S.2C7H8N4O2.C2H8N2/c1-5-7-17-19-20(27(4)25-17)22(29)24-21(23-19)16-14-15(8-9-18(16)32-6-2)33(30,31)28-12-10-26(3)11-13-28;2*1-10-5-4(8-3-9-5)6(12)11(2)7(10)13;3-1-2-4/h8-9,14H,5-7,10-13H2,1-4H3,(H,23,24,29);2*3H,1-2H3,(H,8,9);1-4H2. The molecule has 1 aliphatic heterocycles. The summed E-state index contributed by atoms with van der Waals surface area (Å²) in [6.45, 7) is 7.67. The van der Waals surface area contributed by atoms with E-state index in [1.54, 1.807) is 39.3 Å². The maximum absolute atomic E-state index is 13.3. The molecular formula is C38H54N16O8S. The first-order valence-corrected chi connectivity index (χ1v) is 21.4. The molecule has 0 bridgehead atoms. The van der Waals surface area contributed by atoms with E-state index in [1.807, 2.05) is 20.9 Å². The highest BCUT2D eigenvalue weighted by molar-refractivity contribution is 7.89. The van der Waals surface area contributed by atoms with Crippen LogP contribution in [-0.4, -0.2) is 128 Å². The number of H-pyrrole nitrogens is 3. The minimum atomic E-state index is -3.70. The van der Waals surface area contributed by atoms with E-state index in [-0.39, 0.29) is 38.8 Å². The number of sulfonamides is 1. The summed E-state index contributed by atoms with van der Waals surface area (Å²) in [5.41, 5.74) is 11.6. The van der Waals surface area contributed by atoms with Crippen LogP contribution in [0.25, 0.3) is 44.7 Å². The molecule has 7 N–H and O–H groups in total. The van der Waals surface area contributed by atoms with Gasteiger partial charge >= 0.3 is 11.4 Å². The Hall–Kier alpha value is -6.54. The molecule has 63 heavy (non-hydrogen) atoms. The minimum absolute atomic E-state index is 0.147. The summed E-state index contributed by atoms with van der Waals surface area (Å²) in [7, 11) is 6.01. The molecule has 24 nitrogen and oxygen atoms in total. The molecule has 1 aromatic carbocycles. The summed E-state index contributed by atoms with van der Waals surface area (Å²) >= 11 is 0. The van der Waals surface area contributed by atoms with Crippen LogP contribution in [0.15, 0.2) is 59.7 Å². The highest BCUT2D eigenvalue weighted by atomic mass is 32.2. The van der Waals surface area contributed by atoms with E-state index in [0.29, 0.717) is 97.0 Å². The zero-order chi connectivity index (χ0) is 46.3. The molecule has 0 radical (unpaired) electrons. The molecule has 0 atom stereocenters. The van der Waals surface area contributed by atoms with Gasteiger partial charge < -0.3 is 36.1 Å². The van der Waals surface area contributed by atoms with Crippen LogP contribution in [0.1, 0.15) is 26.0 Å². The average molecular weight is 895 g/mol. The smallest absolute Gasteiger partial charge is 0.332 e. The Morgan fingerprint density at radius 3 is 1.79 bits per heavy atom. The fourth-order valence-corrected chi connectivity index (χ4v) is 8.08. The molecule has 1 aliphatic rings. The summed E-state index contributed by atoms with van der Waals surface area (Å²) in [5.74, 6) is 0.718. The van der Waals surface area contributed by atoms with Gasteiger partial charge in [0.1, 0.15) is 28.1 Å². The highest BCUT2D eigenvalue weighted by Crippen LogP contribution is 2.32. The first-order chi connectivity index (χ1) is 29.9. The van der Waals surface area contributed by atoms with Gasteiger partial charge in [-0.2, -0.15) is 9.40 Å². The van der Waals surface area contributed by atoms with E-state index in [1.165, 1.54) is 44.9 Å². The predicted octanol–water partition coefficient (Wildman–Crippen LogP) is -1.56. The number of hydrogen-bond acceptors (Lipinski definition) is 15. The van der Waals surface area contributed by atoms with Crippen LogP contribution < -0.4 is 44.3 Å². The number of piperazine rings is 1. The van der Waals surface area contributed by atoms with Crippen molar-refractivity contribution in [3.8, 4) is 17.1 Å². The average Bonchev–Trinajstić information content (AvgIpc) is 4.05. The summed E-state index contributed by atoms with van der Waals surface area (Å²) in [6, 6.07) is 4.71. The monoisotopic (exact) mass is 894 g/mol. The number of benzene rings is 1.